The maximum atomic E-state index is 13.5. The van der Waals surface area contributed by atoms with E-state index in [1.165, 1.54) is 24.5 Å². The predicted molar refractivity (Wildman–Crippen MR) is 172 cm³/mol. The number of carbonyl (C=O) groups is 1. The Bertz CT molecular complexity index is 1840. The van der Waals surface area contributed by atoms with E-state index in [1.54, 1.807) is 30.3 Å². The third-order valence-electron chi connectivity index (χ3n) is 7.19. The maximum absolute atomic E-state index is 13.5. The highest BCUT2D eigenvalue weighted by molar-refractivity contribution is 6.32. The molecule has 1 unspecified atom stereocenters. The molecule has 8 nitrogen and oxygen atoms in total. The van der Waals surface area contributed by atoms with Crippen LogP contribution in [-0.4, -0.2) is 28.8 Å². The lowest BCUT2D eigenvalue weighted by molar-refractivity contribution is -0.198. The van der Waals surface area contributed by atoms with Crippen molar-refractivity contribution in [2.24, 2.45) is 0 Å². The van der Waals surface area contributed by atoms with Crippen molar-refractivity contribution in [3.05, 3.63) is 119 Å². The SMILES string of the molecule is O=C(C=Cc1cccc(-c2ccc3ncnc(Nc4ccc(OCc5cccc(F)c5)c(Cl)c4)c3c2)c1)NOC1CCCCO1. The van der Waals surface area contributed by atoms with Gasteiger partial charge in [-0.15, -0.1) is 0 Å². The highest BCUT2D eigenvalue weighted by Gasteiger charge is 2.15. The maximum Gasteiger partial charge on any atom is 0.267 e. The molecule has 2 heterocycles. The molecule has 2 N–H and O–H groups in total. The highest BCUT2D eigenvalue weighted by Crippen LogP contribution is 2.32. The third kappa shape index (κ3) is 8.02. The third-order valence-corrected chi connectivity index (χ3v) is 7.48. The molecule has 0 spiro atoms. The summed E-state index contributed by atoms with van der Waals surface area (Å²) in [6.07, 6.45) is 7.04. The second-order valence-corrected chi connectivity index (χ2v) is 10.9. The summed E-state index contributed by atoms with van der Waals surface area (Å²) >= 11 is 6.51. The van der Waals surface area contributed by atoms with E-state index in [2.05, 4.69) is 20.8 Å². The number of nitrogens with one attached hydrogen (secondary N) is 2. The molecule has 1 saturated heterocycles. The first kappa shape index (κ1) is 30.2. The molecule has 1 amide bonds. The quantitative estimate of drug-likeness (QED) is 0.120. The fraction of sp³-hybridized carbons (Fsp3) is 0.171. The molecule has 6 rings (SSSR count). The summed E-state index contributed by atoms with van der Waals surface area (Å²) in [5.74, 6) is 0.418. The summed E-state index contributed by atoms with van der Waals surface area (Å²) in [7, 11) is 0. The number of hydrogen-bond donors (Lipinski definition) is 2. The first-order valence-electron chi connectivity index (χ1n) is 14.5. The Balaban J connectivity index is 1.15. The first-order valence-corrected chi connectivity index (χ1v) is 14.9. The van der Waals surface area contributed by atoms with Crippen molar-refractivity contribution in [2.75, 3.05) is 11.9 Å². The molecule has 45 heavy (non-hydrogen) atoms. The number of amides is 1. The summed E-state index contributed by atoms with van der Waals surface area (Å²) in [5.41, 5.74) is 7.40. The van der Waals surface area contributed by atoms with Gasteiger partial charge in [-0.3, -0.25) is 4.79 Å². The van der Waals surface area contributed by atoms with Crippen molar-refractivity contribution in [1.29, 1.82) is 0 Å². The van der Waals surface area contributed by atoms with E-state index in [0.29, 0.717) is 34.4 Å². The van der Waals surface area contributed by atoms with E-state index in [1.807, 2.05) is 48.5 Å². The minimum absolute atomic E-state index is 0.192. The van der Waals surface area contributed by atoms with Gasteiger partial charge in [0.2, 0.25) is 0 Å². The first-order chi connectivity index (χ1) is 22.0. The predicted octanol–water partition coefficient (Wildman–Crippen LogP) is 8.00. The summed E-state index contributed by atoms with van der Waals surface area (Å²) in [6, 6.07) is 25.4. The molecule has 1 aromatic heterocycles. The Hall–Kier alpha value is -4.83. The van der Waals surface area contributed by atoms with Crippen LogP contribution in [0.5, 0.6) is 5.75 Å². The minimum Gasteiger partial charge on any atom is -0.487 e. The van der Waals surface area contributed by atoms with Crippen molar-refractivity contribution in [3.63, 3.8) is 0 Å². The van der Waals surface area contributed by atoms with E-state index in [9.17, 15) is 9.18 Å². The van der Waals surface area contributed by atoms with Gasteiger partial charge < -0.3 is 14.8 Å². The number of benzene rings is 4. The van der Waals surface area contributed by atoms with E-state index in [-0.39, 0.29) is 18.3 Å². The molecule has 10 heteroatoms. The van der Waals surface area contributed by atoms with Crippen LogP contribution in [0.1, 0.15) is 30.4 Å². The molecular weight excluding hydrogens is 595 g/mol. The summed E-state index contributed by atoms with van der Waals surface area (Å²) in [4.78, 5) is 26.5. The number of anilines is 2. The smallest absolute Gasteiger partial charge is 0.267 e. The number of ether oxygens (including phenoxy) is 2. The second kappa shape index (κ2) is 14.3. The van der Waals surface area contributed by atoms with Gasteiger partial charge in [-0.25, -0.2) is 24.7 Å². The Morgan fingerprint density at radius 2 is 1.89 bits per heavy atom. The standard InChI is InChI=1S/C35H30ClFN4O4/c36-30-20-28(12-14-32(30)44-21-24-6-4-8-27(37)18-24)40-35-29-19-26(11-13-31(29)38-22-39-35)25-7-3-5-23(17-25)10-15-33(42)41-45-34-9-1-2-16-43-34/h3-8,10-15,17-20,22,34H,1-2,9,16,21H2,(H,41,42)(H,38,39,40). The van der Waals surface area contributed by atoms with Gasteiger partial charge in [-0.2, -0.15) is 0 Å². The van der Waals surface area contributed by atoms with Crippen LogP contribution in [0.15, 0.2) is 97.3 Å². The van der Waals surface area contributed by atoms with Gasteiger partial charge in [-0.05, 0) is 89.7 Å². The number of hydrogen-bond acceptors (Lipinski definition) is 7. The summed E-state index contributed by atoms with van der Waals surface area (Å²) in [5, 5.41) is 4.56. The van der Waals surface area contributed by atoms with Gasteiger partial charge >= 0.3 is 0 Å². The number of rotatable bonds is 10. The van der Waals surface area contributed by atoms with E-state index in [0.717, 1.165) is 46.9 Å². The lowest BCUT2D eigenvalue weighted by atomic mass is 10.0. The van der Waals surface area contributed by atoms with Crippen LogP contribution in [0.4, 0.5) is 15.9 Å². The number of aromatic nitrogens is 2. The van der Waals surface area contributed by atoms with Crippen molar-refractivity contribution in [3.8, 4) is 16.9 Å². The van der Waals surface area contributed by atoms with Crippen LogP contribution >= 0.6 is 11.6 Å². The fourth-order valence-corrected chi connectivity index (χ4v) is 5.15. The van der Waals surface area contributed by atoms with Crippen LogP contribution in [-0.2, 0) is 21.0 Å². The Kier molecular flexibility index (Phi) is 9.60. The summed E-state index contributed by atoms with van der Waals surface area (Å²) in [6.45, 7) is 0.830. The normalized spacial score (nSPS) is 14.8. The second-order valence-electron chi connectivity index (χ2n) is 10.5. The van der Waals surface area contributed by atoms with E-state index in [4.69, 9.17) is 25.9 Å². The molecular formula is C35H30ClFN4O4. The van der Waals surface area contributed by atoms with Crippen LogP contribution < -0.4 is 15.5 Å². The van der Waals surface area contributed by atoms with Crippen molar-refractivity contribution in [2.45, 2.75) is 32.2 Å². The van der Waals surface area contributed by atoms with Crippen molar-refractivity contribution >= 4 is 46.0 Å². The molecule has 1 fully saturated rings. The number of halogens is 2. The van der Waals surface area contributed by atoms with Crippen LogP contribution in [0.25, 0.3) is 28.1 Å². The zero-order valence-electron chi connectivity index (χ0n) is 24.2. The van der Waals surface area contributed by atoms with E-state index < -0.39 is 6.29 Å². The number of nitrogens with zero attached hydrogens (tertiary/aromatic N) is 2. The Labute approximate surface area is 264 Å². The van der Waals surface area contributed by atoms with Gasteiger partial charge in [0.05, 0.1) is 10.5 Å². The minimum atomic E-state index is -0.404. The molecule has 0 radical (unpaired) electrons. The molecule has 0 saturated carbocycles. The zero-order chi connectivity index (χ0) is 31.0. The lowest BCUT2D eigenvalue weighted by Crippen LogP contribution is -2.32. The molecule has 1 aliphatic heterocycles. The van der Waals surface area contributed by atoms with Gasteiger partial charge in [0.25, 0.3) is 5.91 Å². The zero-order valence-corrected chi connectivity index (χ0v) is 25.0. The monoisotopic (exact) mass is 624 g/mol. The molecule has 1 aliphatic rings. The number of hydroxylamine groups is 1. The molecule has 1 atom stereocenters. The molecule has 5 aromatic rings. The van der Waals surface area contributed by atoms with Crippen LogP contribution in [0, 0.1) is 5.82 Å². The van der Waals surface area contributed by atoms with Crippen LogP contribution in [0.2, 0.25) is 5.02 Å². The van der Waals surface area contributed by atoms with Crippen molar-refractivity contribution < 1.29 is 23.5 Å². The number of fused-ring (bicyclic) bond motifs is 1. The van der Waals surface area contributed by atoms with Crippen LogP contribution in [0.3, 0.4) is 0 Å². The largest absolute Gasteiger partial charge is 0.487 e. The molecule has 0 bridgehead atoms. The number of carbonyl (C=O) groups excluding carboxylic acids is 1. The van der Waals surface area contributed by atoms with Gasteiger partial charge in [0, 0.05) is 30.2 Å². The average molecular weight is 625 g/mol. The molecule has 4 aromatic carbocycles. The van der Waals surface area contributed by atoms with Gasteiger partial charge in [0.1, 0.15) is 30.3 Å². The highest BCUT2D eigenvalue weighted by atomic mass is 35.5. The Morgan fingerprint density at radius 3 is 2.73 bits per heavy atom. The molecule has 228 valence electrons. The average Bonchev–Trinajstić information content (AvgIpc) is 3.07. The van der Waals surface area contributed by atoms with Gasteiger partial charge in [-0.1, -0.05) is 48.0 Å². The van der Waals surface area contributed by atoms with E-state index >= 15 is 0 Å². The summed E-state index contributed by atoms with van der Waals surface area (Å²) < 4.78 is 24.8. The molecule has 0 aliphatic carbocycles. The fourth-order valence-electron chi connectivity index (χ4n) is 4.91. The van der Waals surface area contributed by atoms with Gasteiger partial charge in [0.15, 0.2) is 6.29 Å². The topological polar surface area (TPSA) is 94.6 Å². The lowest BCUT2D eigenvalue weighted by Gasteiger charge is -2.21. The Morgan fingerprint density at radius 1 is 1.00 bits per heavy atom. The van der Waals surface area contributed by atoms with Crippen molar-refractivity contribution in [1.82, 2.24) is 15.4 Å².